The molecule has 2 aromatic heterocycles. The maximum atomic E-state index is 5.41. The Hall–Kier alpha value is -2.05. The minimum Gasteiger partial charge on any atom is -0.308 e. The van der Waals surface area contributed by atoms with E-state index in [2.05, 4.69) is 32.2 Å². The molecule has 106 valence electrons. The number of pyridine rings is 1. The van der Waals surface area contributed by atoms with Gasteiger partial charge < -0.3 is 5.43 Å². The zero-order chi connectivity index (χ0) is 14.4. The molecule has 2 heterocycles. The third kappa shape index (κ3) is 3.97. The van der Waals surface area contributed by atoms with Gasteiger partial charge in [0.1, 0.15) is 11.6 Å². The van der Waals surface area contributed by atoms with Crippen molar-refractivity contribution in [2.75, 3.05) is 12.0 Å². The highest BCUT2D eigenvalue weighted by Crippen LogP contribution is 2.09. The Bertz CT molecular complexity index is 543. The number of aromatic nitrogens is 3. The van der Waals surface area contributed by atoms with Gasteiger partial charge in [-0.2, -0.15) is 0 Å². The fourth-order valence-electron chi connectivity index (χ4n) is 1.97. The summed E-state index contributed by atoms with van der Waals surface area (Å²) in [6, 6.07) is 7.75. The van der Waals surface area contributed by atoms with Crippen LogP contribution in [0.15, 0.2) is 30.5 Å². The molecule has 0 aliphatic rings. The van der Waals surface area contributed by atoms with Crippen molar-refractivity contribution in [3.63, 3.8) is 0 Å². The first-order chi connectivity index (χ1) is 9.71. The van der Waals surface area contributed by atoms with E-state index in [0.29, 0.717) is 12.4 Å². The molecule has 0 spiro atoms. The SMILES string of the molecule is CCN(Cc1ccccn1)Cc1nc(C)cc(NN)n1. The maximum Gasteiger partial charge on any atom is 0.145 e. The highest BCUT2D eigenvalue weighted by Gasteiger charge is 2.09. The second-order valence-corrected chi connectivity index (χ2v) is 4.58. The minimum absolute atomic E-state index is 0.640. The molecule has 0 saturated heterocycles. The Morgan fingerprint density at radius 3 is 2.75 bits per heavy atom. The largest absolute Gasteiger partial charge is 0.308 e. The molecule has 0 bridgehead atoms. The van der Waals surface area contributed by atoms with E-state index in [1.165, 1.54) is 0 Å². The summed E-state index contributed by atoms with van der Waals surface area (Å²) in [4.78, 5) is 15.4. The fourth-order valence-corrected chi connectivity index (χ4v) is 1.97. The van der Waals surface area contributed by atoms with Crippen LogP contribution in [0.25, 0.3) is 0 Å². The molecule has 0 radical (unpaired) electrons. The van der Waals surface area contributed by atoms with Gasteiger partial charge >= 0.3 is 0 Å². The predicted molar refractivity (Wildman–Crippen MR) is 78.6 cm³/mol. The van der Waals surface area contributed by atoms with E-state index < -0.39 is 0 Å². The number of nitrogens with two attached hydrogens (primary N) is 1. The number of rotatable bonds is 6. The molecule has 0 fully saturated rings. The molecule has 0 aliphatic heterocycles. The fraction of sp³-hybridized carbons (Fsp3) is 0.357. The van der Waals surface area contributed by atoms with Crippen molar-refractivity contribution in [2.24, 2.45) is 5.84 Å². The normalized spacial score (nSPS) is 10.8. The van der Waals surface area contributed by atoms with Crippen LogP contribution >= 0.6 is 0 Å². The Morgan fingerprint density at radius 1 is 1.25 bits per heavy atom. The third-order valence-corrected chi connectivity index (χ3v) is 2.97. The molecule has 20 heavy (non-hydrogen) atoms. The zero-order valence-corrected chi connectivity index (χ0v) is 11.9. The van der Waals surface area contributed by atoms with Crippen molar-refractivity contribution in [1.82, 2.24) is 19.9 Å². The zero-order valence-electron chi connectivity index (χ0n) is 11.9. The average Bonchev–Trinajstić information content (AvgIpc) is 2.47. The topological polar surface area (TPSA) is 80.0 Å². The van der Waals surface area contributed by atoms with Crippen molar-refractivity contribution in [3.8, 4) is 0 Å². The Morgan fingerprint density at radius 2 is 2.10 bits per heavy atom. The van der Waals surface area contributed by atoms with Gasteiger partial charge in [-0.25, -0.2) is 15.8 Å². The molecule has 0 aromatic carbocycles. The van der Waals surface area contributed by atoms with E-state index >= 15 is 0 Å². The van der Waals surface area contributed by atoms with Crippen molar-refractivity contribution >= 4 is 5.82 Å². The number of hydrogen-bond acceptors (Lipinski definition) is 6. The van der Waals surface area contributed by atoms with Gasteiger partial charge in [-0.15, -0.1) is 0 Å². The van der Waals surface area contributed by atoms with E-state index in [1.807, 2.05) is 37.4 Å². The molecule has 2 aromatic rings. The summed E-state index contributed by atoms with van der Waals surface area (Å²) in [5.74, 6) is 6.81. The molecule has 0 atom stereocenters. The number of hydrazine groups is 1. The van der Waals surface area contributed by atoms with E-state index in [9.17, 15) is 0 Å². The first kappa shape index (κ1) is 14.4. The molecule has 3 N–H and O–H groups in total. The highest BCUT2D eigenvalue weighted by molar-refractivity contribution is 5.33. The van der Waals surface area contributed by atoms with Crippen LogP contribution in [0.5, 0.6) is 0 Å². The molecule has 6 nitrogen and oxygen atoms in total. The van der Waals surface area contributed by atoms with Gasteiger partial charge in [-0.1, -0.05) is 13.0 Å². The molecule has 0 aliphatic carbocycles. The lowest BCUT2D eigenvalue weighted by Gasteiger charge is -2.19. The van der Waals surface area contributed by atoms with Crippen LogP contribution in [0, 0.1) is 6.92 Å². The number of nitrogens with one attached hydrogen (secondary N) is 1. The van der Waals surface area contributed by atoms with Crippen molar-refractivity contribution in [2.45, 2.75) is 26.9 Å². The van der Waals surface area contributed by atoms with Crippen LogP contribution in [0.3, 0.4) is 0 Å². The van der Waals surface area contributed by atoms with Crippen molar-refractivity contribution < 1.29 is 0 Å². The lowest BCUT2D eigenvalue weighted by atomic mass is 10.3. The van der Waals surface area contributed by atoms with Crippen LogP contribution in [0.1, 0.15) is 24.1 Å². The lowest BCUT2D eigenvalue weighted by molar-refractivity contribution is 0.261. The average molecular weight is 272 g/mol. The van der Waals surface area contributed by atoms with E-state index in [1.54, 1.807) is 0 Å². The Kier molecular flexibility index (Phi) is 4.97. The number of hydrogen-bond donors (Lipinski definition) is 2. The van der Waals surface area contributed by atoms with E-state index in [4.69, 9.17) is 5.84 Å². The molecule has 6 heteroatoms. The second-order valence-electron chi connectivity index (χ2n) is 4.58. The number of anilines is 1. The van der Waals surface area contributed by atoms with Gasteiger partial charge in [0, 0.05) is 24.5 Å². The first-order valence-corrected chi connectivity index (χ1v) is 6.64. The molecule has 0 unspecified atom stereocenters. The second kappa shape index (κ2) is 6.93. The minimum atomic E-state index is 0.640. The lowest BCUT2D eigenvalue weighted by Crippen LogP contribution is -2.24. The predicted octanol–water partition coefficient (Wildman–Crippen LogP) is 1.49. The van der Waals surface area contributed by atoms with Gasteiger partial charge in [0.2, 0.25) is 0 Å². The number of nitrogen functional groups attached to an aromatic ring is 1. The Labute approximate surface area is 119 Å². The van der Waals surface area contributed by atoms with Crippen molar-refractivity contribution in [3.05, 3.63) is 47.7 Å². The molecule has 0 amide bonds. The quantitative estimate of drug-likeness (QED) is 0.612. The monoisotopic (exact) mass is 272 g/mol. The number of nitrogens with zero attached hydrogens (tertiary/aromatic N) is 4. The van der Waals surface area contributed by atoms with Crippen LogP contribution in [0.2, 0.25) is 0 Å². The molecule has 2 rings (SSSR count). The van der Waals surface area contributed by atoms with Gasteiger partial charge in [-0.05, 0) is 25.6 Å². The van der Waals surface area contributed by atoms with Crippen LogP contribution in [-0.2, 0) is 13.1 Å². The molecular weight excluding hydrogens is 252 g/mol. The summed E-state index contributed by atoms with van der Waals surface area (Å²) >= 11 is 0. The summed E-state index contributed by atoms with van der Waals surface area (Å²) in [6.45, 7) is 6.39. The summed E-state index contributed by atoms with van der Waals surface area (Å²) < 4.78 is 0. The van der Waals surface area contributed by atoms with Crippen LogP contribution in [0.4, 0.5) is 5.82 Å². The smallest absolute Gasteiger partial charge is 0.145 e. The standard InChI is InChI=1S/C14H20N6/c1-3-20(9-12-6-4-5-7-16-12)10-14-17-11(2)8-13(18-14)19-15/h4-8H,3,9-10,15H2,1-2H3,(H,17,18,19). The summed E-state index contributed by atoms with van der Waals surface area (Å²) in [5, 5.41) is 0. The Balaban J connectivity index is 2.08. The first-order valence-electron chi connectivity index (χ1n) is 6.64. The summed E-state index contributed by atoms with van der Waals surface area (Å²) in [5.41, 5.74) is 4.51. The van der Waals surface area contributed by atoms with Gasteiger partial charge in [0.25, 0.3) is 0 Å². The van der Waals surface area contributed by atoms with E-state index in [0.717, 1.165) is 30.3 Å². The maximum absolute atomic E-state index is 5.41. The molecular formula is C14H20N6. The third-order valence-electron chi connectivity index (χ3n) is 2.97. The van der Waals surface area contributed by atoms with Crippen molar-refractivity contribution in [1.29, 1.82) is 0 Å². The molecule has 0 saturated carbocycles. The number of aryl methyl sites for hydroxylation is 1. The van der Waals surface area contributed by atoms with Gasteiger partial charge in [0.15, 0.2) is 0 Å². The highest BCUT2D eigenvalue weighted by atomic mass is 15.3. The van der Waals surface area contributed by atoms with Gasteiger partial charge in [-0.3, -0.25) is 9.88 Å². The van der Waals surface area contributed by atoms with Crippen LogP contribution in [-0.4, -0.2) is 26.4 Å². The van der Waals surface area contributed by atoms with Crippen LogP contribution < -0.4 is 11.3 Å². The van der Waals surface area contributed by atoms with E-state index in [-0.39, 0.29) is 0 Å². The van der Waals surface area contributed by atoms with Gasteiger partial charge in [0.05, 0.1) is 12.2 Å². The summed E-state index contributed by atoms with van der Waals surface area (Å²) in [7, 11) is 0. The summed E-state index contributed by atoms with van der Waals surface area (Å²) in [6.07, 6.45) is 1.81.